The Balaban J connectivity index is 1.91. The Morgan fingerprint density at radius 2 is 2.20 bits per heavy atom. The number of likely N-dealkylation sites (N-methyl/N-ethyl adjacent to an activating group) is 1. The highest BCUT2D eigenvalue weighted by Gasteiger charge is 2.20. The lowest BCUT2D eigenvalue weighted by Gasteiger charge is -2.33. The van der Waals surface area contributed by atoms with E-state index in [2.05, 4.69) is 24.1 Å². The summed E-state index contributed by atoms with van der Waals surface area (Å²) in [7, 11) is 0. The van der Waals surface area contributed by atoms with E-state index in [0.29, 0.717) is 6.04 Å². The van der Waals surface area contributed by atoms with Gasteiger partial charge in [0, 0.05) is 12.6 Å². The molecule has 0 spiro atoms. The zero-order valence-corrected chi connectivity index (χ0v) is 12.7. The summed E-state index contributed by atoms with van der Waals surface area (Å²) in [5.41, 5.74) is 0.834. The highest BCUT2D eigenvalue weighted by Crippen LogP contribution is 2.16. The maximum absolute atomic E-state index is 13.7. The molecule has 0 saturated carbocycles. The van der Waals surface area contributed by atoms with Crippen LogP contribution in [0.5, 0.6) is 0 Å². The summed E-state index contributed by atoms with van der Waals surface area (Å²) in [5.74, 6) is 0.668. The molecule has 1 aromatic carbocycles. The third-order valence-electron chi connectivity index (χ3n) is 4.39. The molecule has 1 aliphatic heterocycles. The lowest BCUT2D eigenvalue weighted by Crippen LogP contribution is -2.42. The van der Waals surface area contributed by atoms with Gasteiger partial charge in [0.1, 0.15) is 5.82 Å². The third-order valence-corrected chi connectivity index (χ3v) is 4.39. The van der Waals surface area contributed by atoms with Crippen molar-refractivity contribution in [3.63, 3.8) is 0 Å². The van der Waals surface area contributed by atoms with Crippen molar-refractivity contribution < 1.29 is 4.39 Å². The van der Waals surface area contributed by atoms with Crippen molar-refractivity contribution in [1.29, 1.82) is 0 Å². The van der Waals surface area contributed by atoms with Gasteiger partial charge < -0.3 is 10.2 Å². The standard InChI is InChI=1S/C17H27FN2/c1-3-20(13-15-7-6-10-19-12-15)14(2)11-16-8-4-5-9-17(16)18/h4-5,8-9,14-15,19H,3,6-7,10-13H2,1-2H3. The fourth-order valence-electron chi connectivity index (χ4n) is 3.14. The van der Waals surface area contributed by atoms with Crippen LogP contribution in [0.3, 0.4) is 0 Å². The van der Waals surface area contributed by atoms with Gasteiger partial charge in [0.15, 0.2) is 0 Å². The Morgan fingerprint density at radius 1 is 1.40 bits per heavy atom. The highest BCUT2D eigenvalue weighted by atomic mass is 19.1. The molecule has 0 amide bonds. The number of hydrogen-bond acceptors (Lipinski definition) is 2. The molecule has 1 saturated heterocycles. The summed E-state index contributed by atoms with van der Waals surface area (Å²) in [6.45, 7) is 8.86. The first-order chi connectivity index (χ1) is 9.70. The van der Waals surface area contributed by atoms with Crippen LogP contribution in [0, 0.1) is 11.7 Å². The molecular weight excluding hydrogens is 251 g/mol. The van der Waals surface area contributed by atoms with Crippen LogP contribution in [0.15, 0.2) is 24.3 Å². The van der Waals surface area contributed by atoms with Gasteiger partial charge in [-0.3, -0.25) is 0 Å². The van der Waals surface area contributed by atoms with E-state index < -0.39 is 0 Å². The van der Waals surface area contributed by atoms with E-state index in [1.54, 1.807) is 12.1 Å². The van der Waals surface area contributed by atoms with E-state index in [9.17, 15) is 4.39 Å². The summed E-state index contributed by atoms with van der Waals surface area (Å²) < 4.78 is 13.7. The number of nitrogens with one attached hydrogen (secondary N) is 1. The molecule has 2 rings (SSSR count). The van der Waals surface area contributed by atoms with E-state index in [4.69, 9.17) is 0 Å². The molecule has 1 aliphatic rings. The van der Waals surface area contributed by atoms with Gasteiger partial charge in [0.05, 0.1) is 0 Å². The van der Waals surface area contributed by atoms with Gasteiger partial charge in [-0.25, -0.2) is 4.39 Å². The fraction of sp³-hybridized carbons (Fsp3) is 0.647. The van der Waals surface area contributed by atoms with Crippen LogP contribution in [0.1, 0.15) is 32.3 Å². The van der Waals surface area contributed by atoms with E-state index in [0.717, 1.165) is 44.1 Å². The largest absolute Gasteiger partial charge is 0.316 e. The van der Waals surface area contributed by atoms with Gasteiger partial charge >= 0.3 is 0 Å². The molecule has 1 fully saturated rings. The molecule has 1 aromatic rings. The van der Waals surface area contributed by atoms with Crippen molar-refractivity contribution in [1.82, 2.24) is 10.2 Å². The molecule has 0 radical (unpaired) electrons. The van der Waals surface area contributed by atoms with E-state index >= 15 is 0 Å². The summed E-state index contributed by atoms with van der Waals surface area (Å²) in [4.78, 5) is 2.49. The quantitative estimate of drug-likeness (QED) is 0.860. The molecule has 2 unspecified atom stereocenters. The second-order valence-electron chi connectivity index (χ2n) is 5.94. The number of nitrogens with zero attached hydrogens (tertiary/aromatic N) is 1. The van der Waals surface area contributed by atoms with Gasteiger partial charge in [-0.2, -0.15) is 0 Å². The molecule has 1 heterocycles. The summed E-state index contributed by atoms with van der Waals surface area (Å²) in [6.07, 6.45) is 3.39. The van der Waals surface area contributed by atoms with Crippen LogP contribution >= 0.6 is 0 Å². The molecule has 0 aliphatic carbocycles. The number of piperidine rings is 1. The summed E-state index contributed by atoms with van der Waals surface area (Å²) >= 11 is 0. The van der Waals surface area contributed by atoms with Crippen LogP contribution in [0.25, 0.3) is 0 Å². The molecule has 2 atom stereocenters. The number of hydrogen-bond donors (Lipinski definition) is 1. The normalized spacial score (nSPS) is 21.1. The third kappa shape index (κ3) is 4.29. The minimum Gasteiger partial charge on any atom is -0.316 e. The molecule has 1 N–H and O–H groups in total. The van der Waals surface area contributed by atoms with E-state index in [-0.39, 0.29) is 5.82 Å². The predicted octanol–water partition coefficient (Wildman–Crippen LogP) is 3.08. The molecule has 0 bridgehead atoms. The van der Waals surface area contributed by atoms with Crippen molar-refractivity contribution in [2.75, 3.05) is 26.2 Å². The number of benzene rings is 1. The van der Waals surface area contributed by atoms with Gasteiger partial charge in [-0.05, 0) is 63.4 Å². The van der Waals surface area contributed by atoms with Crippen molar-refractivity contribution in [3.05, 3.63) is 35.6 Å². The van der Waals surface area contributed by atoms with Crippen molar-refractivity contribution in [2.24, 2.45) is 5.92 Å². The smallest absolute Gasteiger partial charge is 0.126 e. The minimum atomic E-state index is -0.0743. The molecule has 112 valence electrons. The Labute approximate surface area is 122 Å². The van der Waals surface area contributed by atoms with Gasteiger partial charge in [0.25, 0.3) is 0 Å². The van der Waals surface area contributed by atoms with Crippen molar-refractivity contribution in [3.8, 4) is 0 Å². The average Bonchev–Trinajstić information content (AvgIpc) is 2.48. The molecular formula is C17H27FN2. The van der Waals surface area contributed by atoms with Gasteiger partial charge in [-0.15, -0.1) is 0 Å². The summed E-state index contributed by atoms with van der Waals surface area (Å²) in [6, 6.07) is 7.53. The second kappa shape index (κ2) is 7.75. The molecule has 3 heteroatoms. The zero-order valence-electron chi connectivity index (χ0n) is 12.7. The maximum Gasteiger partial charge on any atom is 0.126 e. The first-order valence-corrected chi connectivity index (χ1v) is 7.89. The molecule has 20 heavy (non-hydrogen) atoms. The molecule has 0 aromatic heterocycles. The second-order valence-corrected chi connectivity index (χ2v) is 5.94. The van der Waals surface area contributed by atoms with Crippen LogP contribution in [0.2, 0.25) is 0 Å². The monoisotopic (exact) mass is 278 g/mol. The zero-order chi connectivity index (χ0) is 14.4. The van der Waals surface area contributed by atoms with E-state index in [1.807, 2.05) is 12.1 Å². The maximum atomic E-state index is 13.7. The van der Waals surface area contributed by atoms with Crippen LogP contribution in [-0.2, 0) is 6.42 Å². The van der Waals surface area contributed by atoms with Gasteiger partial charge in [-0.1, -0.05) is 25.1 Å². The highest BCUT2D eigenvalue weighted by molar-refractivity contribution is 5.18. The molecule has 2 nitrogen and oxygen atoms in total. The Kier molecular flexibility index (Phi) is 5.99. The lowest BCUT2D eigenvalue weighted by atomic mass is 9.97. The van der Waals surface area contributed by atoms with Gasteiger partial charge in [0.2, 0.25) is 0 Å². The van der Waals surface area contributed by atoms with E-state index in [1.165, 1.54) is 12.8 Å². The Hall–Kier alpha value is -0.930. The Morgan fingerprint density at radius 3 is 2.85 bits per heavy atom. The lowest BCUT2D eigenvalue weighted by molar-refractivity contribution is 0.169. The first kappa shape index (κ1) is 15.5. The Bertz CT molecular complexity index is 402. The predicted molar refractivity (Wildman–Crippen MR) is 82.4 cm³/mol. The fourth-order valence-corrected chi connectivity index (χ4v) is 3.14. The topological polar surface area (TPSA) is 15.3 Å². The van der Waals surface area contributed by atoms with Crippen LogP contribution in [0.4, 0.5) is 4.39 Å². The number of halogens is 1. The van der Waals surface area contributed by atoms with Crippen molar-refractivity contribution in [2.45, 2.75) is 39.2 Å². The minimum absolute atomic E-state index is 0.0743. The van der Waals surface area contributed by atoms with Crippen molar-refractivity contribution >= 4 is 0 Å². The SMILES string of the molecule is CCN(CC1CCCNC1)C(C)Cc1ccccc1F. The number of rotatable bonds is 6. The average molecular weight is 278 g/mol. The summed E-state index contributed by atoms with van der Waals surface area (Å²) in [5, 5.41) is 3.48. The van der Waals surface area contributed by atoms with Crippen LogP contribution < -0.4 is 5.32 Å². The van der Waals surface area contributed by atoms with Crippen LogP contribution in [-0.4, -0.2) is 37.1 Å². The first-order valence-electron chi connectivity index (χ1n) is 7.89.